The van der Waals surface area contributed by atoms with Crippen LogP contribution in [0.3, 0.4) is 0 Å². The van der Waals surface area contributed by atoms with E-state index in [4.69, 9.17) is 5.73 Å². The molecule has 0 spiro atoms. The van der Waals surface area contributed by atoms with Crippen molar-refractivity contribution in [1.82, 2.24) is 9.97 Å². The quantitative estimate of drug-likeness (QED) is 0.913. The van der Waals surface area contributed by atoms with Gasteiger partial charge in [0.05, 0.1) is 11.3 Å². The zero-order chi connectivity index (χ0) is 14.3. The second-order valence-corrected chi connectivity index (χ2v) is 4.85. The Hall–Kier alpha value is -2.11. The predicted molar refractivity (Wildman–Crippen MR) is 68.9 cm³/mol. The van der Waals surface area contributed by atoms with Crippen LogP contribution in [-0.4, -0.2) is 9.97 Å². The summed E-state index contributed by atoms with van der Waals surface area (Å²) in [7, 11) is 0. The number of hydrogen-bond acceptors (Lipinski definition) is 3. The van der Waals surface area contributed by atoms with Gasteiger partial charge >= 0.3 is 6.18 Å². The molecule has 3 rings (SSSR count). The lowest BCUT2D eigenvalue weighted by Crippen LogP contribution is -2.08. The van der Waals surface area contributed by atoms with Crippen molar-refractivity contribution in [3.05, 3.63) is 41.7 Å². The van der Waals surface area contributed by atoms with Crippen LogP contribution in [0.5, 0.6) is 0 Å². The Labute approximate surface area is 113 Å². The summed E-state index contributed by atoms with van der Waals surface area (Å²) >= 11 is 0. The highest BCUT2D eigenvalue weighted by Crippen LogP contribution is 2.40. The van der Waals surface area contributed by atoms with E-state index in [9.17, 15) is 13.2 Å². The van der Waals surface area contributed by atoms with Gasteiger partial charge in [-0.2, -0.15) is 13.2 Å². The lowest BCUT2D eigenvalue weighted by Gasteiger charge is -2.13. The van der Waals surface area contributed by atoms with Crippen LogP contribution in [0.2, 0.25) is 0 Å². The minimum absolute atomic E-state index is 0.0380. The molecule has 1 fully saturated rings. The van der Waals surface area contributed by atoms with E-state index in [1.807, 2.05) is 0 Å². The van der Waals surface area contributed by atoms with Gasteiger partial charge in [0.15, 0.2) is 0 Å². The van der Waals surface area contributed by atoms with Gasteiger partial charge in [-0.15, -0.1) is 0 Å². The first-order valence-electron chi connectivity index (χ1n) is 6.26. The average Bonchev–Trinajstić information content (AvgIpc) is 3.21. The molecule has 20 heavy (non-hydrogen) atoms. The summed E-state index contributed by atoms with van der Waals surface area (Å²) in [6.45, 7) is 0. The molecule has 1 saturated carbocycles. The summed E-state index contributed by atoms with van der Waals surface area (Å²) in [5.74, 6) is 0.973. The molecule has 2 aromatic rings. The predicted octanol–water partition coefficient (Wildman–Crippen LogP) is 3.62. The summed E-state index contributed by atoms with van der Waals surface area (Å²) in [5, 5.41) is 0. The van der Waals surface area contributed by atoms with Crippen molar-refractivity contribution in [3.8, 4) is 11.3 Å². The van der Waals surface area contributed by atoms with E-state index in [0.29, 0.717) is 5.82 Å². The summed E-state index contributed by atoms with van der Waals surface area (Å²) in [6.07, 6.45) is -2.50. The zero-order valence-corrected chi connectivity index (χ0v) is 10.5. The number of alkyl halides is 3. The molecule has 3 nitrogen and oxygen atoms in total. The van der Waals surface area contributed by atoms with Gasteiger partial charge in [0.2, 0.25) is 0 Å². The summed E-state index contributed by atoms with van der Waals surface area (Å²) in [5.41, 5.74) is 5.25. The van der Waals surface area contributed by atoms with E-state index in [1.165, 1.54) is 18.2 Å². The summed E-state index contributed by atoms with van der Waals surface area (Å²) in [4.78, 5) is 8.35. The van der Waals surface area contributed by atoms with E-state index >= 15 is 0 Å². The van der Waals surface area contributed by atoms with Gasteiger partial charge in [0, 0.05) is 17.5 Å². The van der Waals surface area contributed by atoms with Gasteiger partial charge in [-0.3, -0.25) is 0 Å². The van der Waals surface area contributed by atoms with Crippen LogP contribution in [-0.2, 0) is 6.18 Å². The van der Waals surface area contributed by atoms with Crippen molar-refractivity contribution in [3.63, 3.8) is 0 Å². The Morgan fingerprint density at radius 1 is 1.10 bits per heavy atom. The first kappa shape index (κ1) is 12.9. The van der Waals surface area contributed by atoms with E-state index in [1.54, 1.807) is 6.07 Å². The number of hydrogen-bond donors (Lipinski definition) is 1. The molecule has 1 aromatic carbocycles. The van der Waals surface area contributed by atoms with Crippen molar-refractivity contribution in [1.29, 1.82) is 0 Å². The molecule has 1 aliphatic carbocycles. The molecule has 0 saturated heterocycles. The Morgan fingerprint density at radius 3 is 2.45 bits per heavy atom. The third-order valence-corrected chi connectivity index (χ3v) is 3.21. The molecule has 0 atom stereocenters. The van der Waals surface area contributed by atoms with Crippen molar-refractivity contribution < 1.29 is 13.2 Å². The number of rotatable bonds is 2. The van der Waals surface area contributed by atoms with Crippen LogP contribution >= 0.6 is 0 Å². The third-order valence-electron chi connectivity index (χ3n) is 3.21. The molecule has 0 aliphatic heterocycles. The molecule has 1 heterocycles. The SMILES string of the molecule is Nc1cc(-c2ccccc2C(F)(F)F)nc(C2CC2)n1. The number of nitrogen functional groups attached to an aromatic ring is 1. The van der Waals surface area contributed by atoms with Crippen molar-refractivity contribution in [2.75, 3.05) is 5.73 Å². The number of nitrogens with two attached hydrogens (primary N) is 1. The maximum atomic E-state index is 13.0. The Kier molecular flexibility index (Phi) is 2.88. The summed E-state index contributed by atoms with van der Waals surface area (Å²) < 4.78 is 39.1. The Balaban J connectivity index is 2.13. The molecule has 0 unspecified atom stereocenters. The second kappa shape index (κ2) is 4.47. The fraction of sp³-hybridized carbons (Fsp3) is 0.286. The molecular weight excluding hydrogens is 267 g/mol. The van der Waals surface area contributed by atoms with Crippen LogP contribution in [0.1, 0.15) is 30.1 Å². The number of halogens is 3. The van der Waals surface area contributed by atoms with Gasteiger partial charge < -0.3 is 5.73 Å². The van der Waals surface area contributed by atoms with E-state index < -0.39 is 11.7 Å². The van der Waals surface area contributed by atoms with Crippen molar-refractivity contribution in [2.45, 2.75) is 24.9 Å². The first-order valence-corrected chi connectivity index (χ1v) is 6.26. The van der Waals surface area contributed by atoms with Gasteiger partial charge in [-0.05, 0) is 18.9 Å². The fourth-order valence-corrected chi connectivity index (χ4v) is 2.10. The molecule has 1 aromatic heterocycles. The van der Waals surface area contributed by atoms with E-state index in [2.05, 4.69) is 9.97 Å². The monoisotopic (exact) mass is 279 g/mol. The van der Waals surface area contributed by atoms with Gasteiger partial charge in [0.25, 0.3) is 0 Å². The van der Waals surface area contributed by atoms with Gasteiger partial charge in [0.1, 0.15) is 11.6 Å². The van der Waals surface area contributed by atoms with Crippen LogP contribution < -0.4 is 5.73 Å². The maximum absolute atomic E-state index is 13.0. The lowest BCUT2D eigenvalue weighted by molar-refractivity contribution is -0.137. The molecule has 2 N–H and O–H groups in total. The molecule has 1 aliphatic rings. The molecule has 6 heteroatoms. The average molecular weight is 279 g/mol. The first-order chi connectivity index (χ1) is 9.45. The van der Waals surface area contributed by atoms with Crippen LogP contribution in [0.25, 0.3) is 11.3 Å². The van der Waals surface area contributed by atoms with E-state index in [0.717, 1.165) is 18.9 Å². The topological polar surface area (TPSA) is 51.8 Å². The number of benzene rings is 1. The fourth-order valence-electron chi connectivity index (χ4n) is 2.10. The summed E-state index contributed by atoms with van der Waals surface area (Å²) in [6, 6.07) is 6.75. The van der Waals surface area contributed by atoms with Gasteiger partial charge in [-0.25, -0.2) is 9.97 Å². The third kappa shape index (κ3) is 2.45. The highest BCUT2D eigenvalue weighted by Gasteiger charge is 2.34. The minimum atomic E-state index is -4.42. The number of anilines is 1. The van der Waals surface area contributed by atoms with Crippen LogP contribution in [0.15, 0.2) is 30.3 Å². The minimum Gasteiger partial charge on any atom is -0.384 e. The Morgan fingerprint density at radius 2 is 1.80 bits per heavy atom. The normalized spacial score (nSPS) is 15.3. The Bertz CT molecular complexity index is 648. The molecular formula is C14H12F3N3. The van der Waals surface area contributed by atoms with E-state index in [-0.39, 0.29) is 23.0 Å². The largest absolute Gasteiger partial charge is 0.417 e. The smallest absolute Gasteiger partial charge is 0.384 e. The maximum Gasteiger partial charge on any atom is 0.417 e. The second-order valence-electron chi connectivity index (χ2n) is 4.85. The van der Waals surface area contributed by atoms with Crippen LogP contribution in [0.4, 0.5) is 19.0 Å². The van der Waals surface area contributed by atoms with Gasteiger partial charge in [-0.1, -0.05) is 18.2 Å². The highest BCUT2D eigenvalue weighted by molar-refractivity contribution is 5.66. The molecule has 0 radical (unpaired) electrons. The molecule has 0 amide bonds. The molecule has 104 valence electrons. The van der Waals surface area contributed by atoms with Crippen molar-refractivity contribution in [2.24, 2.45) is 0 Å². The number of nitrogens with zero attached hydrogens (tertiary/aromatic N) is 2. The highest BCUT2D eigenvalue weighted by atomic mass is 19.4. The lowest BCUT2D eigenvalue weighted by atomic mass is 10.0. The zero-order valence-electron chi connectivity index (χ0n) is 10.5. The van der Waals surface area contributed by atoms with Crippen LogP contribution in [0, 0.1) is 0 Å². The number of aromatic nitrogens is 2. The van der Waals surface area contributed by atoms with Crippen molar-refractivity contribution >= 4 is 5.82 Å². The standard InChI is InChI=1S/C14H12F3N3/c15-14(16,17)10-4-2-1-3-9(10)11-7-12(18)20-13(19-11)8-5-6-8/h1-4,7-8H,5-6H2,(H2,18,19,20). The molecule has 0 bridgehead atoms.